The molecule has 0 saturated carbocycles. The van der Waals surface area contributed by atoms with Crippen molar-refractivity contribution in [2.75, 3.05) is 38.1 Å². The molecular formula is C24H28N6O. The van der Waals surface area contributed by atoms with E-state index in [4.69, 9.17) is 4.42 Å². The first kappa shape index (κ1) is 20.8. The number of rotatable bonds is 7. The fourth-order valence-electron chi connectivity index (χ4n) is 3.61. The summed E-state index contributed by atoms with van der Waals surface area (Å²) in [6.07, 6.45) is 7.18. The van der Waals surface area contributed by atoms with Crippen molar-refractivity contribution in [2.24, 2.45) is 0 Å². The molecule has 3 aromatic rings. The van der Waals surface area contributed by atoms with Gasteiger partial charge in [-0.15, -0.1) is 5.10 Å². The highest BCUT2D eigenvalue weighted by molar-refractivity contribution is 5.72. The predicted octanol–water partition coefficient (Wildman–Crippen LogP) is 3.80. The van der Waals surface area contributed by atoms with Crippen LogP contribution >= 0.6 is 0 Å². The van der Waals surface area contributed by atoms with Crippen LogP contribution in [0.25, 0.3) is 17.2 Å². The van der Waals surface area contributed by atoms with Crippen LogP contribution in [0.2, 0.25) is 0 Å². The Hall–Kier alpha value is -3.45. The molecule has 0 atom stereocenters. The van der Waals surface area contributed by atoms with E-state index >= 15 is 0 Å². The fourth-order valence-corrected chi connectivity index (χ4v) is 3.61. The summed E-state index contributed by atoms with van der Waals surface area (Å²) in [6, 6.07) is 7.95. The van der Waals surface area contributed by atoms with Crippen LogP contribution in [0.3, 0.4) is 0 Å². The molecule has 4 rings (SSSR count). The van der Waals surface area contributed by atoms with Gasteiger partial charge in [-0.1, -0.05) is 31.4 Å². The highest BCUT2D eigenvalue weighted by Crippen LogP contribution is 2.25. The molecule has 7 nitrogen and oxygen atoms in total. The molecule has 1 saturated heterocycles. The molecule has 0 amide bonds. The van der Waals surface area contributed by atoms with Gasteiger partial charge >= 0.3 is 0 Å². The predicted molar refractivity (Wildman–Crippen MR) is 124 cm³/mol. The van der Waals surface area contributed by atoms with E-state index in [-0.39, 0.29) is 0 Å². The van der Waals surface area contributed by atoms with Crippen molar-refractivity contribution in [1.29, 1.82) is 0 Å². The topological polar surface area (TPSA) is 63.2 Å². The summed E-state index contributed by atoms with van der Waals surface area (Å²) < 4.78 is 7.85. The lowest BCUT2D eigenvalue weighted by atomic mass is 10.2. The number of likely N-dealkylation sites (N-methyl/N-ethyl adjacent to an activating group) is 1. The number of hydrogen-bond acceptors (Lipinski definition) is 6. The monoisotopic (exact) mass is 416 g/mol. The first-order valence-corrected chi connectivity index (χ1v) is 10.4. The van der Waals surface area contributed by atoms with Gasteiger partial charge in [-0.3, -0.25) is 0 Å². The van der Waals surface area contributed by atoms with Crippen molar-refractivity contribution in [3.63, 3.8) is 0 Å². The first-order chi connectivity index (χ1) is 15.1. The summed E-state index contributed by atoms with van der Waals surface area (Å²) in [4.78, 5) is 13.9. The molecule has 7 heteroatoms. The molecule has 0 N–H and O–H groups in total. The molecule has 31 heavy (non-hydrogen) atoms. The summed E-state index contributed by atoms with van der Waals surface area (Å²) >= 11 is 0. The largest absolute Gasteiger partial charge is 0.453 e. The minimum atomic E-state index is 0.569. The van der Waals surface area contributed by atoms with E-state index in [1.54, 1.807) is 12.2 Å². The molecule has 0 radical (unpaired) electrons. The van der Waals surface area contributed by atoms with Crippen molar-refractivity contribution in [3.8, 4) is 11.6 Å². The van der Waals surface area contributed by atoms with Crippen LogP contribution in [-0.2, 0) is 6.54 Å². The third-order valence-electron chi connectivity index (χ3n) is 5.45. The second kappa shape index (κ2) is 9.14. The summed E-state index contributed by atoms with van der Waals surface area (Å²) in [7, 11) is 2.15. The van der Waals surface area contributed by atoms with Crippen LogP contribution in [0.4, 0.5) is 5.82 Å². The molecule has 4 heterocycles. The van der Waals surface area contributed by atoms with Gasteiger partial charge in [0.2, 0.25) is 5.82 Å². The summed E-state index contributed by atoms with van der Waals surface area (Å²) in [5.41, 5.74) is 2.01. The lowest BCUT2D eigenvalue weighted by molar-refractivity contribution is 0.312. The number of allylic oxidation sites excluding steroid dienone is 4. The molecular weight excluding hydrogens is 388 g/mol. The number of pyridine rings is 1. The number of aromatic nitrogens is 4. The Morgan fingerprint density at radius 2 is 1.97 bits per heavy atom. The second-order valence-electron chi connectivity index (χ2n) is 7.68. The van der Waals surface area contributed by atoms with Crippen LogP contribution in [-0.4, -0.2) is 57.9 Å². The maximum atomic E-state index is 5.95. The number of piperazine rings is 1. The summed E-state index contributed by atoms with van der Waals surface area (Å²) in [5, 5.41) is 4.68. The van der Waals surface area contributed by atoms with Crippen molar-refractivity contribution >= 4 is 11.4 Å². The summed E-state index contributed by atoms with van der Waals surface area (Å²) in [6.45, 7) is 14.2. The van der Waals surface area contributed by atoms with Gasteiger partial charge in [0.25, 0.3) is 0 Å². The Balaban J connectivity index is 1.52. The molecule has 0 spiro atoms. The molecule has 0 unspecified atom stereocenters. The molecule has 3 aromatic heterocycles. The highest BCUT2D eigenvalue weighted by Gasteiger charge is 2.17. The minimum absolute atomic E-state index is 0.569. The van der Waals surface area contributed by atoms with Crippen LogP contribution in [0.1, 0.15) is 17.1 Å². The van der Waals surface area contributed by atoms with Gasteiger partial charge in [-0.2, -0.15) is 0 Å². The SMILES string of the molecule is C=C/C=C(\C=C)c1ccc(-c2nc(C)n(Cc3ccnc(N4CCN(C)CC4)c3)n2)o1. The molecule has 1 aliphatic rings. The number of anilines is 1. The number of furan rings is 1. The normalized spacial score (nSPS) is 15.3. The lowest BCUT2D eigenvalue weighted by Gasteiger charge is -2.33. The number of hydrogen-bond donors (Lipinski definition) is 0. The van der Waals surface area contributed by atoms with E-state index in [2.05, 4.69) is 51.1 Å². The van der Waals surface area contributed by atoms with Crippen LogP contribution in [0, 0.1) is 6.92 Å². The van der Waals surface area contributed by atoms with E-state index < -0.39 is 0 Å². The Bertz CT molecular complexity index is 1100. The molecule has 1 fully saturated rings. The average Bonchev–Trinajstić information content (AvgIpc) is 3.40. The van der Waals surface area contributed by atoms with Gasteiger partial charge < -0.3 is 14.2 Å². The van der Waals surface area contributed by atoms with E-state index in [0.29, 0.717) is 23.9 Å². The minimum Gasteiger partial charge on any atom is -0.453 e. The average molecular weight is 417 g/mol. The standard InChI is InChI=1S/C24H28N6O/c1-5-7-20(6-2)21-8-9-22(31-21)24-26-18(3)30(27-24)17-19-10-11-25-23(16-19)29-14-12-28(4)13-15-29/h5-11,16H,1-2,12-15,17H2,3-4H3/b20-7+. The van der Waals surface area contributed by atoms with Crippen molar-refractivity contribution < 1.29 is 4.42 Å². The van der Waals surface area contributed by atoms with Crippen molar-refractivity contribution in [3.05, 3.63) is 79.0 Å². The van der Waals surface area contributed by atoms with Crippen LogP contribution in [0.5, 0.6) is 0 Å². The second-order valence-corrected chi connectivity index (χ2v) is 7.68. The van der Waals surface area contributed by atoms with Gasteiger partial charge in [-0.25, -0.2) is 14.6 Å². The van der Waals surface area contributed by atoms with E-state index in [0.717, 1.165) is 49.0 Å². The molecule has 0 aromatic carbocycles. The van der Waals surface area contributed by atoms with E-state index in [1.165, 1.54) is 0 Å². The number of nitrogens with zero attached hydrogens (tertiary/aromatic N) is 6. The molecule has 1 aliphatic heterocycles. The van der Waals surface area contributed by atoms with Gasteiger partial charge in [0, 0.05) is 37.9 Å². The summed E-state index contributed by atoms with van der Waals surface area (Å²) in [5.74, 6) is 3.76. The third kappa shape index (κ3) is 4.67. The molecule has 0 aliphatic carbocycles. The zero-order valence-corrected chi connectivity index (χ0v) is 18.2. The quantitative estimate of drug-likeness (QED) is 0.546. The molecule has 0 bridgehead atoms. The first-order valence-electron chi connectivity index (χ1n) is 10.4. The Labute approximate surface area is 183 Å². The Kier molecular flexibility index (Phi) is 6.13. The van der Waals surface area contributed by atoms with E-state index in [1.807, 2.05) is 42.1 Å². The maximum absolute atomic E-state index is 5.95. The maximum Gasteiger partial charge on any atom is 0.217 e. The lowest BCUT2D eigenvalue weighted by Crippen LogP contribution is -2.44. The van der Waals surface area contributed by atoms with Crippen molar-refractivity contribution in [2.45, 2.75) is 13.5 Å². The van der Waals surface area contributed by atoms with Gasteiger partial charge in [-0.05, 0) is 43.8 Å². The third-order valence-corrected chi connectivity index (χ3v) is 5.45. The van der Waals surface area contributed by atoms with Gasteiger partial charge in [0.15, 0.2) is 5.76 Å². The van der Waals surface area contributed by atoms with Crippen LogP contribution < -0.4 is 4.90 Å². The zero-order valence-electron chi connectivity index (χ0n) is 18.2. The Morgan fingerprint density at radius 3 is 2.71 bits per heavy atom. The zero-order chi connectivity index (χ0) is 21.8. The fraction of sp³-hybridized carbons (Fsp3) is 0.292. The number of aryl methyl sites for hydroxylation is 1. The van der Waals surface area contributed by atoms with Crippen LogP contribution in [0.15, 0.2) is 66.3 Å². The van der Waals surface area contributed by atoms with Crippen molar-refractivity contribution in [1.82, 2.24) is 24.6 Å². The van der Waals surface area contributed by atoms with Gasteiger partial charge in [0.05, 0.1) is 6.54 Å². The van der Waals surface area contributed by atoms with Gasteiger partial charge in [0.1, 0.15) is 17.4 Å². The highest BCUT2D eigenvalue weighted by atomic mass is 16.3. The van der Waals surface area contributed by atoms with E-state index in [9.17, 15) is 0 Å². The molecule has 160 valence electrons. The Morgan fingerprint density at radius 1 is 1.16 bits per heavy atom. The smallest absolute Gasteiger partial charge is 0.217 e.